The van der Waals surface area contributed by atoms with Crippen LogP contribution in [0.1, 0.15) is 28.9 Å². The maximum atomic E-state index is 12.8. The molecule has 1 amide bonds. The van der Waals surface area contributed by atoms with E-state index in [1.165, 1.54) is 0 Å². The number of methoxy groups -OCH3 is 2. The van der Waals surface area contributed by atoms with Gasteiger partial charge in [-0.25, -0.2) is 0 Å². The number of carbonyl (C=O) groups is 1. The van der Waals surface area contributed by atoms with Crippen molar-refractivity contribution in [1.29, 1.82) is 0 Å². The summed E-state index contributed by atoms with van der Waals surface area (Å²) in [4.78, 5) is 12.8. The molecule has 1 N–H and O–H groups in total. The number of para-hydroxylation sites is 1. The highest BCUT2D eigenvalue weighted by Gasteiger charge is 2.18. The number of carbonyl (C=O) groups excluding carboxylic acids is 1. The molecule has 0 aliphatic carbocycles. The number of benzene rings is 3. The molecule has 0 bridgehead atoms. The molecule has 0 fully saturated rings. The fourth-order valence-electron chi connectivity index (χ4n) is 2.94. The van der Waals surface area contributed by atoms with E-state index in [1.54, 1.807) is 14.2 Å². The van der Waals surface area contributed by atoms with E-state index in [9.17, 15) is 4.79 Å². The summed E-state index contributed by atoms with van der Waals surface area (Å²) in [6.45, 7) is 1.93. The van der Waals surface area contributed by atoms with Gasteiger partial charge in [-0.05, 0) is 35.9 Å². The van der Waals surface area contributed by atoms with Gasteiger partial charge < -0.3 is 14.8 Å². The predicted octanol–water partition coefficient (Wildman–Crippen LogP) is 4.35. The van der Waals surface area contributed by atoms with Crippen LogP contribution in [0.4, 0.5) is 0 Å². The highest BCUT2D eigenvalue weighted by molar-refractivity contribution is 6.01. The van der Waals surface area contributed by atoms with Gasteiger partial charge in [-0.1, -0.05) is 42.5 Å². The van der Waals surface area contributed by atoms with Crippen molar-refractivity contribution in [3.8, 4) is 11.5 Å². The zero-order chi connectivity index (χ0) is 17.8. The molecule has 1 atom stereocenters. The zero-order valence-corrected chi connectivity index (χ0v) is 14.6. The van der Waals surface area contributed by atoms with E-state index in [0.717, 1.165) is 22.1 Å². The first-order valence-corrected chi connectivity index (χ1v) is 8.14. The van der Waals surface area contributed by atoms with Crippen LogP contribution < -0.4 is 14.8 Å². The summed E-state index contributed by atoms with van der Waals surface area (Å²) in [6.07, 6.45) is 0. The number of fused-ring (bicyclic) bond motifs is 1. The number of amides is 1. The van der Waals surface area contributed by atoms with Crippen LogP contribution in [0.5, 0.6) is 11.5 Å². The molecule has 0 spiro atoms. The highest BCUT2D eigenvalue weighted by atomic mass is 16.5. The van der Waals surface area contributed by atoms with Gasteiger partial charge in [-0.3, -0.25) is 4.79 Å². The van der Waals surface area contributed by atoms with Gasteiger partial charge in [0.1, 0.15) is 11.5 Å². The summed E-state index contributed by atoms with van der Waals surface area (Å²) in [6, 6.07) is 19.1. The maximum absolute atomic E-state index is 12.8. The zero-order valence-electron chi connectivity index (χ0n) is 14.6. The largest absolute Gasteiger partial charge is 0.496 e. The summed E-state index contributed by atoms with van der Waals surface area (Å²) < 4.78 is 10.8. The first-order valence-electron chi connectivity index (χ1n) is 8.14. The second-order valence-corrected chi connectivity index (χ2v) is 5.84. The molecule has 3 aromatic rings. The third-order valence-corrected chi connectivity index (χ3v) is 4.27. The average Bonchev–Trinajstić information content (AvgIpc) is 2.66. The summed E-state index contributed by atoms with van der Waals surface area (Å²) >= 11 is 0. The Bertz CT molecular complexity index is 905. The molecule has 0 saturated carbocycles. The third-order valence-electron chi connectivity index (χ3n) is 4.27. The summed E-state index contributed by atoms with van der Waals surface area (Å²) in [5.41, 5.74) is 1.45. The van der Waals surface area contributed by atoms with Gasteiger partial charge in [0.15, 0.2) is 0 Å². The van der Waals surface area contributed by atoms with Crippen LogP contribution in [-0.4, -0.2) is 20.1 Å². The maximum Gasteiger partial charge on any atom is 0.255 e. The monoisotopic (exact) mass is 335 g/mol. The van der Waals surface area contributed by atoms with E-state index >= 15 is 0 Å². The fourth-order valence-corrected chi connectivity index (χ4v) is 2.94. The van der Waals surface area contributed by atoms with Crippen LogP contribution in [0.3, 0.4) is 0 Å². The first kappa shape index (κ1) is 16.8. The highest BCUT2D eigenvalue weighted by Crippen LogP contribution is 2.28. The van der Waals surface area contributed by atoms with Crippen molar-refractivity contribution in [2.75, 3.05) is 14.2 Å². The second kappa shape index (κ2) is 7.26. The van der Waals surface area contributed by atoms with Crippen LogP contribution in [0, 0.1) is 0 Å². The topological polar surface area (TPSA) is 47.6 Å². The lowest BCUT2D eigenvalue weighted by atomic mass is 10.0. The van der Waals surface area contributed by atoms with Crippen molar-refractivity contribution < 1.29 is 14.3 Å². The molecule has 0 saturated heterocycles. The molecule has 25 heavy (non-hydrogen) atoms. The Morgan fingerprint density at radius 1 is 0.880 bits per heavy atom. The number of rotatable bonds is 5. The lowest BCUT2D eigenvalue weighted by molar-refractivity contribution is 0.0936. The van der Waals surface area contributed by atoms with Gasteiger partial charge in [0.05, 0.1) is 25.8 Å². The molecule has 0 unspecified atom stereocenters. The van der Waals surface area contributed by atoms with Crippen LogP contribution in [0.25, 0.3) is 10.8 Å². The minimum absolute atomic E-state index is 0.180. The Hall–Kier alpha value is -3.01. The van der Waals surface area contributed by atoms with Crippen LogP contribution >= 0.6 is 0 Å². The van der Waals surface area contributed by atoms with Crippen LogP contribution in [0.15, 0.2) is 60.7 Å². The van der Waals surface area contributed by atoms with Crippen molar-refractivity contribution in [1.82, 2.24) is 5.32 Å². The van der Waals surface area contributed by atoms with Gasteiger partial charge in [-0.15, -0.1) is 0 Å². The number of hydrogen-bond acceptors (Lipinski definition) is 3. The van der Waals surface area contributed by atoms with E-state index in [-0.39, 0.29) is 11.9 Å². The van der Waals surface area contributed by atoms with Crippen molar-refractivity contribution in [2.45, 2.75) is 13.0 Å². The number of ether oxygens (including phenoxy) is 2. The molecule has 4 nitrogen and oxygen atoms in total. The molecule has 0 aliphatic rings. The molecule has 3 rings (SSSR count). The van der Waals surface area contributed by atoms with Gasteiger partial charge in [0.2, 0.25) is 0 Å². The van der Waals surface area contributed by atoms with Gasteiger partial charge in [0, 0.05) is 5.56 Å². The summed E-state index contributed by atoms with van der Waals surface area (Å²) in [5, 5.41) is 5.06. The smallest absolute Gasteiger partial charge is 0.255 e. The van der Waals surface area contributed by atoms with E-state index in [1.807, 2.05) is 67.6 Å². The fraction of sp³-hybridized carbons (Fsp3) is 0.190. The van der Waals surface area contributed by atoms with E-state index in [4.69, 9.17) is 9.47 Å². The third kappa shape index (κ3) is 3.43. The van der Waals surface area contributed by atoms with E-state index < -0.39 is 0 Å². The number of nitrogens with one attached hydrogen (secondary N) is 1. The molecular weight excluding hydrogens is 314 g/mol. The lowest BCUT2D eigenvalue weighted by Crippen LogP contribution is -2.27. The molecule has 0 aromatic heterocycles. The van der Waals surface area contributed by atoms with Crippen LogP contribution in [-0.2, 0) is 0 Å². The van der Waals surface area contributed by atoms with Crippen molar-refractivity contribution in [3.05, 3.63) is 71.8 Å². The SMILES string of the molecule is COc1cc2ccccc2cc1C(=O)N[C@@H](C)c1ccccc1OC. The summed E-state index contributed by atoms with van der Waals surface area (Å²) in [7, 11) is 3.20. The second-order valence-electron chi connectivity index (χ2n) is 5.84. The minimum Gasteiger partial charge on any atom is -0.496 e. The Morgan fingerprint density at radius 2 is 1.48 bits per heavy atom. The van der Waals surface area contributed by atoms with Gasteiger partial charge in [-0.2, -0.15) is 0 Å². The quantitative estimate of drug-likeness (QED) is 0.754. The molecule has 0 heterocycles. The Balaban J connectivity index is 1.91. The normalized spacial score (nSPS) is 11.8. The van der Waals surface area contributed by atoms with E-state index in [0.29, 0.717) is 11.3 Å². The Morgan fingerprint density at radius 3 is 2.16 bits per heavy atom. The molecule has 4 heteroatoms. The molecule has 128 valence electrons. The summed E-state index contributed by atoms with van der Waals surface area (Å²) in [5.74, 6) is 1.13. The standard InChI is InChI=1S/C21H21NO3/c1-14(17-10-6-7-11-19(17)24-2)22-21(23)18-12-15-8-4-5-9-16(15)13-20(18)25-3/h4-14H,1-3H3,(H,22,23)/t14-/m0/s1. The van der Waals surface area contributed by atoms with Crippen molar-refractivity contribution >= 4 is 16.7 Å². The predicted molar refractivity (Wildman–Crippen MR) is 99.4 cm³/mol. The van der Waals surface area contributed by atoms with Gasteiger partial charge in [0.25, 0.3) is 5.91 Å². The average molecular weight is 335 g/mol. The molecule has 0 radical (unpaired) electrons. The number of hydrogen-bond donors (Lipinski definition) is 1. The molecular formula is C21H21NO3. The van der Waals surface area contributed by atoms with Crippen LogP contribution in [0.2, 0.25) is 0 Å². The minimum atomic E-state index is -0.195. The molecule has 3 aromatic carbocycles. The lowest BCUT2D eigenvalue weighted by Gasteiger charge is -2.18. The van der Waals surface area contributed by atoms with Gasteiger partial charge >= 0.3 is 0 Å². The van der Waals surface area contributed by atoms with Crippen molar-refractivity contribution in [2.24, 2.45) is 0 Å². The molecule has 0 aliphatic heterocycles. The van der Waals surface area contributed by atoms with E-state index in [2.05, 4.69) is 5.32 Å². The first-order chi connectivity index (χ1) is 12.1. The Labute approximate surface area is 147 Å². The Kier molecular flexibility index (Phi) is 4.89. The van der Waals surface area contributed by atoms with Crippen molar-refractivity contribution in [3.63, 3.8) is 0 Å².